The van der Waals surface area contributed by atoms with Gasteiger partial charge in [0, 0.05) is 40.1 Å². The minimum absolute atomic E-state index is 0.122. The second-order valence-corrected chi connectivity index (χ2v) is 8.81. The third kappa shape index (κ3) is 5.44. The molecule has 1 rings (SSSR count). The number of benzene rings is 1. The van der Waals surface area contributed by atoms with Crippen LogP contribution in [0.3, 0.4) is 0 Å². The molecule has 2 amide bonds. The molecule has 1 N–H and O–H groups in total. The Morgan fingerprint density at radius 2 is 2.00 bits per heavy atom. The summed E-state index contributed by atoms with van der Waals surface area (Å²) in [6.45, 7) is 9.97. The van der Waals surface area contributed by atoms with Gasteiger partial charge in [0.05, 0.1) is 0 Å². The number of rotatable bonds is 5. The molecular weight excluding hydrogens is 296 g/mol. The van der Waals surface area contributed by atoms with Crippen molar-refractivity contribution in [1.29, 1.82) is 0 Å². The van der Waals surface area contributed by atoms with Crippen molar-refractivity contribution < 1.29 is 9.00 Å². The zero-order valence-electron chi connectivity index (χ0n) is 14.5. The number of nitrogens with one attached hydrogen (secondary N) is 1. The first-order chi connectivity index (χ1) is 10.1. The van der Waals surface area contributed by atoms with Crippen molar-refractivity contribution in [1.82, 2.24) is 4.90 Å². The van der Waals surface area contributed by atoms with Crippen LogP contribution in [0.15, 0.2) is 24.3 Å². The second-order valence-electron chi connectivity index (χ2n) is 6.60. The average Bonchev–Trinajstić information content (AvgIpc) is 2.44. The molecule has 124 valence electrons. The third-order valence-corrected chi connectivity index (χ3v) is 5.69. The van der Waals surface area contributed by atoms with Gasteiger partial charge in [-0.25, -0.2) is 4.79 Å². The lowest BCUT2D eigenvalue weighted by Crippen LogP contribution is -2.37. The number of nitrogens with zero attached hydrogens (tertiary/aromatic N) is 1. The molecule has 0 aliphatic rings. The Bertz CT molecular complexity index is 538. The largest absolute Gasteiger partial charge is 0.325 e. The van der Waals surface area contributed by atoms with Crippen molar-refractivity contribution in [3.63, 3.8) is 0 Å². The fourth-order valence-electron chi connectivity index (χ4n) is 1.79. The van der Waals surface area contributed by atoms with E-state index in [1.165, 1.54) is 0 Å². The molecule has 0 aliphatic carbocycles. The summed E-state index contributed by atoms with van der Waals surface area (Å²) in [6, 6.07) is 7.64. The molecule has 0 aliphatic heterocycles. The van der Waals surface area contributed by atoms with Gasteiger partial charge in [-0.3, -0.25) is 4.21 Å². The standard InChI is InChI=1S/C17H28N2O2S/c1-7-13(2)19(6)16(20)18-15-10-8-9-14(11-15)12-22(21)17(3,4)5/h8-11,13H,7,12H2,1-6H3,(H,18,20)/t13-,22+/m0/s1. The molecule has 0 radical (unpaired) electrons. The monoisotopic (exact) mass is 324 g/mol. The van der Waals surface area contributed by atoms with Gasteiger partial charge in [-0.2, -0.15) is 0 Å². The van der Waals surface area contributed by atoms with Crippen LogP contribution >= 0.6 is 0 Å². The molecule has 0 fully saturated rings. The maximum absolute atomic E-state index is 12.2. The molecule has 0 spiro atoms. The Kier molecular flexibility index (Phi) is 6.60. The molecular formula is C17H28N2O2S. The maximum Gasteiger partial charge on any atom is 0.321 e. The van der Waals surface area contributed by atoms with Crippen LogP contribution in [0.25, 0.3) is 0 Å². The smallest absolute Gasteiger partial charge is 0.321 e. The number of carbonyl (C=O) groups excluding carboxylic acids is 1. The number of anilines is 1. The van der Waals surface area contributed by atoms with Crippen molar-refractivity contribution in [2.75, 3.05) is 12.4 Å². The molecule has 1 aromatic carbocycles. The Morgan fingerprint density at radius 1 is 1.36 bits per heavy atom. The van der Waals surface area contributed by atoms with E-state index in [2.05, 4.69) is 12.2 Å². The highest BCUT2D eigenvalue weighted by molar-refractivity contribution is 7.85. The van der Waals surface area contributed by atoms with E-state index in [1.807, 2.05) is 52.0 Å². The summed E-state index contributed by atoms with van der Waals surface area (Å²) in [5, 5.41) is 2.90. The molecule has 0 unspecified atom stereocenters. The Hall–Kier alpha value is -1.36. The van der Waals surface area contributed by atoms with Crippen LogP contribution in [0.2, 0.25) is 0 Å². The lowest BCUT2D eigenvalue weighted by molar-refractivity contribution is 0.206. The first-order valence-corrected chi connectivity index (χ1v) is 8.98. The van der Waals surface area contributed by atoms with Crippen molar-refractivity contribution in [2.45, 2.75) is 57.6 Å². The van der Waals surface area contributed by atoms with Gasteiger partial charge in [-0.15, -0.1) is 0 Å². The molecule has 4 nitrogen and oxygen atoms in total. The van der Waals surface area contributed by atoms with Gasteiger partial charge < -0.3 is 10.2 Å². The van der Waals surface area contributed by atoms with Gasteiger partial charge in [-0.1, -0.05) is 19.1 Å². The molecule has 2 atom stereocenters. The van der Waals surface area contributed by atoms with Crippen molar-refractivity contribution >= 4 is 22.5 Å². The lowest BCUT2D eigenvalue weighted by atomic mass is 10.2. The number of amides is 2. The van der Waals surface area contributed by atoms with Crippen molar-refractivity contribution in [3.05, 3.63) is 29.8 Å². The van der Waals surface area contributed by atoms with E-state index >= 15 is 0 Å². The van der Waals surface area contributed by atoms with E-state index in [9.17, 15) is 9.00 Å². The zero-order chi connectivity index (χ0) is 16.9. The van der Waals surface area contributed by atoms with Crippen LogP contribution < -0.4 is 5.32 Å². The van der Waals surface area contributed by atoms with Crippen LogP contribution in [0.1, 0.15) is 46.6 Å². The highest BCUT2D eigenvalue weighted by Crippen LogP contribution is 2.19. The fourth-order valence-corrected chi connectivity index (χ4v) is 2.71. The minimum atomic E-state index is -0.950. The van der Waals surface area contributed by atoms with Crippen LogP contribution in [-0.4, -0.2) is 33.0 Å². The number of urea groups is 1. The molecule has 22 heavy (non-hydrogen) atoms. The first-order valence-electron chi connectivity index (χ1n) is 7.66. The van der Waals surface area contributed by atoms with E-state index < -0.39 is 10.8 Å². The third-order valence-electron chi connectivity index (χ3n) is 3.73. The van der Waals surface area contributed by atoms with E-state index in [-0.39, 0.29) is 16.8 Å². The van der Waals surface area contributed by atoms with Crippen LogP contribution in [-0.2, 0) is 16.6 Å². The van der Waals surface area contributed by atoms with Crippen molar-refractivity contribution in [3.8, 4) is 0 Å². The van der Waals surface area contributed by atoms with Crippen LogP contribution in [0.5, 0.6) is 0 Å². The van der Waals surface area contributed by atoms with Gasteiger partial charge in [0.1, 0.15) is 0 Å². The lowest BCUT2D eigenvalue weighted by Gasteiger charge is -2.24. The normalized spacial score (nSPS) is 14.3. The fraction of sp³-hybridized carbons (Fsp3) is 0.588. The summed E-state index contributed by atoms with van der Waals surface area (Å²) in [5.74, 6) is 0.494. The van der Waals surface area contributed by atoms with Gasteiger partial charge in [0.25, 0.3) is 0 Å². The van der Waals surface area contributed by atoms with Gasteiger partial charge >= 0.3 is 6.03 Å². The van der Waals surface area contributed by atoms with E-state index in [0.717, 1.165) is 17.7 Å². The quantitative estimate of drug-likeness (QED) is 0.890. The summed E-state index contributed by atoms with van der Waals surface area (Å²) in [5.41, 5.74) is 1.71. The summed E-state index contributed by atoms with van der Waals surface area (Å²) in [7, 11) is 0.844. The van der Waals surface area contributed by atoms with E-state index in [4.69, 9.17) is 0 Å². The maximum atomic E-state index is 12.2. The molecule has 5 heteroatoms. The highest BCUT2D eigenvalue weighted by atomic mass is 32.2. The number of hydrogen-bond acceptors (Lipinski definition) is 2. The number of hydrogen-bond donors (Lipinski definition) is 1. The Morgan fingerprint density at radius 3 is 2.55 bits per heavy atom. The topological polar surface area (TPSA) is 49.4 Å². The number of carbonyl (C=O) groups is 1. The Balaban J connectivity index is 2.76. The van der Waals surface area contributed by atoms with Gasteiger partial charge in [0.15, 0.2) is 0 Å². The zero-order valence-corrected chi connectivity index (χ0v) is 15.3. The SMILES string of the molecule is CC[C@H](C)N(C)C(=O)Nc1cccc(C[S@@](=O)C(C)(C)C)c1. The molecule has 0 saturated carbocycles. The summed E-state index contributed by atoms with van der Waals surface area (Å²) in [6.07, 6.45) is 0.911. The molecule has 1 aromatic rings. The van der Waals surface area contributed by atoms with E-state index in [1.54, 1.807) is 11.9 Å². The average molecular weight is 324 g/mol. The summed E-state index contributed by atoms with van der Waals surface area (Å²) in [4.78, 5) is 13.9. The highest BCUT2D eigenvalue weighted by Gasteiger charge is 2.20. The predicted octanol–water partition coefficient (Wildman–Crippen LogP) is 4.00. The molecule has 0 aromatic heterocycles. The molecule has 0 saturated heterocycles. The second kappa shape index (κ2) is 7.77. The van der Waals surface area contributed by atoms with Gasteiger partial charge in [-0.05, 0) is 51.8 Å². The molecule has 0 bridgehead atoms. The molecule has 0 heterocycles. The summed E-state index contributed by atoms with van der Waals surface area (Å²) < 4.78 is 12.0. The predicted molar refractivity (Wildman–Crippen MR) is 94.6 cm³/mol. The van der Waals surface area contributed by atoms with Gasteiger partial charge in [0.2, 0.25) is 0 Å². The van der Waals surface area contributed by atoms with Crippen LogP contribution in [0.4, 0.5) is 10.5 Å². The van der Waals surface area contributed by atoms with E-state index in [0.29, 0.717) is 5.75 Å². The van der Waals surface area contributed by atoms with Crippen molar-refractivity contribution in [2.24, 2.45) is 0 Å². The first kappa shape index (κ1) is 18.7. The van der Waals surface area contributed by atoms with Crippen LogP contribution in [0, 0.1) is 0 Å². The Labute approximate surface area is 136 Å². The summed E-state index contributed by atoms with van der Waals surface area (Å²) >= 11 is 0. The minimum Gasteiger partial charge on any atom is -0.325 e.